The summed E-state index contributed by atoms with van der Waals surface area (Å²) in [5.41, 5.74) is 0.597. The zero-order valence-electron chi connectivity index (χ0n) is 11.7. The smallest absolute Gasteiger partial charge is 0.269 e. The topological polar surface area (TPSA) is 86.8 Å². The molecule has 0 radical (unpaired) electrons. The summed E-state index contributed by atoms with van der Waals surface area (Å²) in [5.74, 6) is 0. The molecule has 1 aromatic rings. The monoisotopic (exact) mass is 316 g/mol. The summed E-state index contributed by atoms with van der Waals surface area (Å²) in [7, 11) is 0. The molecule has 1 saturated heterocycles. The van der Waals surface area contributed by atoms with Crippen LogP contribution in [0.2, 0.25) is 0 Å². The Bertz CT molecular complexity index is 449. The van der Waals surface area contributed by atoms with Gasteiger partial charge in [0.25, 0.3) is 5.69 Å². The van der Waals surface area contributed by atoms with Gasteiger partial charge in [-0.15, -0.1) is 12.4 Å². The summed E-state index contributed by atoms with van der Waals surface area (Å²) in [4.78, 5) is 12.2. The minimum atomic E-state index is -0.834. The van der Waals surface area contributed by atoms with Crippen LogP contribution in [-0.2, 0) is 0 Å². The van der Waals surface area contributed by atoms with Crippen molar-refractivity contribution in [1.29, 1.82) is 0 Å². The minimum Gasteiger partial charge on any atom is -0.395 e. The van der Waals surface area contributed by atoms with E-state index in [9.17, 15) is 20.3 Å². The number of likely N-dealkylation sites (tertiary alicyclic amines) is 1. The van der Waals surface area contributed by atoms with Gasteiger partial charge in [-0.05, 0) is 43.6 Å². The summed E-state index contributed by atoms with van der Waals surface area (Å²) in [6.45, 7) is 1.61. The summed E-state index contributed by atoms with van der Waals surface area (Å²) in [6, 6.07) is 5.51. The van der Waals surface area contributed by atoms with Crippen molar-refractivity contribution in [2.45, 2.75) is 31.4 Å². The van der Waals surface area contributed by atoms with Crippen LogP contribution >= 0.6 is 12.4 Å². The molecule has 21 heavy (non-hydrogen) atoms. The molecule has 2 unspecified atom stereocenters. The number of nitro groups is 1. The molecule has 0 aliphatic carbocycles. The van der Waals surface area contributed by atoms with Gasteiger partial charge in [-0.2, -0.15) is 0 Å². The van der Waals surface area contributed by atoms with Gasteiger partial charge in [-0.1, -0.05) is 6.42 Å². The van der Waals surface area contributed by atoms with Gasteiger partial charge in [0.2, 0.25) is 0 Å². The Morgan fingerprint density at radius 2 is 1.76 bits per heavy atom. The SMILES string of the molecule is Cl.O=[N+]([O-])c1ccc(C(O)C(CO)N2CCCCC2)cc1. The molecule has 6 nitrogen and oxygen atoms in total. The molecule has 1 aromatic carbocycles. The lowest BCUT2D eigenvalue weighted by Gasteiger charge is -2.36. The Balaban J connectivity index is 0.00000220. The van der Waals surface area contributed by atoms with Crippen molar-refractivity contribution in [2.24, 2.45) is 0 Å². The average Bonchev–Trinajstić information content (AvgIpc) is 2.49. The van der Waals surface area contributed by atoms with E-state index in [0.29, 0.717) is 5.56 Å². The number of nitrogens with zero attached hydrogens (tertiary/aromatic N) is 2. The molecule has 7 heteroatoms. The Morgan fingerprint density at radius 1 is 1.19 bits per heavy atom. The van der Waals surface area contributed by atoms with Crippen LogP contribution in [0.1, 0.15) is 30.9 Å². The fourth-order valence-corrected chi connectivity index (χ4v) is 2.68. The van der Waals surface area contributed by atoms with Crippen molar-refractivity contribution in [2.75, 3.05) is 19.7 Å². The van der Waals surface area contributed by atoms with Crippen LogP contribution in [-0.4, -0.2) is 45.8 Å². The lowest BCUT2D eigenvalue weighted by atomic mass is 9.99. The fourth-order valence-electron chi connectivity index (χ4n) is 2.68. The van der Waals surface area contributed by atoms with Crippen molar-refractivity contribution in [3.05, 3.63) is 39.9 Å². The van der Waals surface area contributed by atoms with Gasteiger partial charge in [0.15, 0.2) is 0 Å². The van der Waals surface area contributed by atoms with Crippen LogP contribution in [0.3, 0.4) is 0 Å². The summed E-state index contributed by atoms with van der Waals surface area (Å²) in [6.07, 6.45) is 2.49. The molecule has 1 heterocycles. The maximum atomic E-state index is 10.6. The highest BCUT2D eigenvalue weighted by atomic mass is 35.5. The molecule has 0 bridgehead atoms. The maximum Gasteiger partial charge on any atom is 0.269 e. The summed E-state index contributed by atoms with van der Waals surface area (Å²) < 4.78 is 0. The Labute approximate surface area is 129 Å². The second-order valence-corrected chi connectivity index (χ2v) is 5.14. The van der Waals surface area contributed by atoms with Crippen LogP contribution in [0, 0.1) is 10.1 Å². The molecular formula is C14H21ClN2O4. The van der Waals surface area contributed by atoms with E-state index in [4.69, 9.17) is 0 Å². The van der Waals surface area contributed by atoms with E-state index in [2.05, 4.69) is 4.90 Å². The van der Waals surface area contributed by atoms with Gasteiger partial charge in [0.05, 0.1) is 23.7 Å². The standard InChI is InChI=1S/C14H20N2O4.ClH/c17-10-13(15-8-2-1-3-9-15)14(18)11-4-6-12(7-5-11)16(19)20;/h4-7,13-14,17-18H,1-3,8-10H2;1H. The Kier molecular flexibility index (Phi) is 7.04. The van der Waals surface area contributed by atoms with E-state index in [-0.39, 0.29) is 30.7 Å². The van der Waals surface area contributed by atoms with E-state index >= 15 is 0 Å². The first-order chi connectivity index (χ1) is 9.63. The molecule has 0 spiro atoms. The molecule has 2 atom stereocenters. The van der Waals surface area contributed by atoms with Gasteiger partial charge >= 0.3 is 0 Å². The van der Waals surface area contributed by atoms with E-state index in [0.717, 1.165) is 25.9 Å². The second kappa shape index (κ2) is 8.29. The van der Waals surface area contributed by atoms with Gasteiger partial charge in [0.1, 0.15) is 0 Å². The number of non-ortho nitro benzene ring substituents is 1. The highest BCUT2D eigenvalue weighted by Crippen LogP contribution is 2.25. The quantitative estimate of drug-likeness (QED) is 0.640. The zero-order chi connectivity index (χ0) is 14.5. The average molecular weight is 317 g/mol. The molecule has 2 N–H and O–H groups in total. The number of aliphatic hydroxyl groups excluding tert-OH is 2. The third kappa shape index (κ3) is 4.38. The molecule has 0 saturated carbocycles. The maximum absolute atomic E-state index is 10.6. The number of halogens is 1. The highest BCUT2D eigenvalue weighted by molar-refractivity contribution is 5.85. The number of benzene rings is 1. The Hall–Kier alpha value is -1.21. The lowest BCUT2D eigenvalue weighted by Crippen LogP contribution is -2.45. The summed E-state index contributed by atoms with van der Waals surface area (Å²) in [5, 5.41) is 30.5. The van der Waals surface area contributed by atoms with Crippen LogP contribution in [0.15, 0.2) is 24.3 Å². The number of piperidine rings is 1. The first kappa shape index (κ1) is 17.8. The molecule has 118 valence electrons. The second-order valence-electron chi connectivity index (χ2n) is 5.14. The van der Waals surface area contributed by atoms with Gasteiger partial charge in [0, 0.05) is 12.1 Å². The van der Waals surface area contributed by atoms with Crippen LogP contribution in [0.4, 0.5) is 5.69 Å². The van der Waals surface area contributed by atoms with Crippen molar-refractivity contribution in [3.8, 4) is 0 Å². The summed E-state index contributed by atoms with van der Waals surface area (Å²) >= 11 is 0. The third-order valence-electron chi connectivity index (χ3n) is 3.86. The number of hydrogen-bond acceptors (Lipinski definition) is 5. The van der Waals surface area contributed by atoms with Crippen molar-refractivity contribution >= 4 is 18.1 Å². The van der Waals surface area contributed by atoms with E-state index in [1.807, 2.05) is 0 Å². The van der Waals surface area contributed by atoms with Gasteiger partial charge in [-0.25, -0.2) is 0 Å². The number of aliphatic hydroxyl groups is 2. The van der Waals surface area contributed by atoms with Crippen molar-refractivity contribution in [1.82, 2.24) is 4.90 Å². The number of rotatable bonds is 5. The molecule has 2 rings (SSSR count). The molecular weight excluding hydrogens is 296 g/mol. The molecule has 0 aromatic heterocycles. The first-order valence-electron chi connectivity index (χ1n) is 6.91. The van der Waals surface area contributed by atoms with E-state index in [1.165, 1.54) is 18.6 Å². The van der Waals surface area contributed by atoms with Crippen LogP contribution in [0.5, 0.6) is 0 Å². The Morgan fingerprint density at radius 3 is 2.24 bits per heavy atom. The first-order valence-corrected chi connectivity index (χ1v) is 6.91. The number of nitro benzene ring substituents is 1. The predicted octanol–water partition coefficient (Wildman–Crippen LogP) is 1.90. The molecule has 1 aliphatic heterocycles. The third-order valence-corrected chi connectivity index (χ3v) is 3.86. The van der Waals surface area contributed by atoms with Crippen molar-refractivity contribution < 1.29 is 15.1 Å². The molecule has 1 fully saturated rings. The van der Waals surface area contributed by atoms with Gasteiger partial charge < -0.3 is 10.2 Å². The van der Waals surface area contributed by atoms with Crippen molar-refractivity contribution in [3.63, 3.8) is 0 Å². The number of hydrogen-bond donors (Lipinski definition) is 2. The van der Waals surface area contributed by atoms with Crippen LogP contribution < -0.4 is 0 Å². The van der Waals surface area contributed by atoms with E-state index in [1.54, 1.807) is 12.1 Å². The fraction of sp³-hybridized carbons (Fsp3) is 0.571. The normalized spacial score (nSPS) is 18.6. The largest absolute Gasteiger partial charge is 0.395 e. The zero-order valence-corrected chi connectivity index (χ0v) is 12.5. The predicted molar refractivity (Wildman–Crippen MR) is 81.6 cm³/mol. The van der Waals surface area contributed by atoms with E-state index < -0.39 is 11.0 Å². The highest BCUT2D eigenvalue weighted by Gasteiger charge is 2.27. The lowest BCUT2D eigenvalue weighted by molar-refractivity contribution is -0.384. The minimum absolute atomic E-state index is 0. The van der Waals surface area contributed by atoms with Gasteiger partial charge in [-0.3, -0.25) is 15.0 Å². The van der Waals surface area contributed by atoms with Crippen LogP contribution in [0.25, 0.3) is 0 Å². The molecule has 0 amide bonds. The molecule has 1 aliphatic rings.